The van der Waals surface area contributed by atoms with Crippen LogP contribution >= 0.6 is 0 Å². The third-order valence-corrected chi connectivity index (χ3v) is 4.28. The van der Waals surface area contributed by atoms with Crippen molar-refractivity contribution in [2.24, 2.45) is 0 Å². The third kappa shape index (κ3) is 4.15. The van der Waals surface area contributed by atoms with Gasteiger partial charge in [-0.25, -0.2) is 0 Å². The zero-order valence-corrected chi connectivity index (χ0v) is 14.5. The summed E-state index contributed by atoms with van der Waals surface area (Å²) in [6.07, 6.45) is 2.64. The van der Waals surface area contributed by atoms with Crippen LogP contribution in [0.2, 0.25) is 0 Å². The van der Waals surface area contributed by atoms with E-state index in [0.29, 0.717) is 12.1 Å². The van der Waals surface area contributed by atoms with Gasteiger partial charge in [0, 0.05) is 42.5 Å². The molecule has 3 aromatic rings. The number of benzene rings is 2. The highest BCUT2D eigenvalue weighted by Crippen LogP contribution is 2.16. The Bertz CT molecular complexity index is 827. The van der Waals surface area contributed by atoms with Crippen LogP contribution in [-0.4, -0.2) is 30.5 Å². The number of hydrogen-bond acceptors (Lipinski definition) is 3. The average Bonchev–Trinajstić information content (AvgIpc) is 2.68. The molecule has 25 heavy (non-hydrogen) atoms. The number of para-hydroxylation sites is 1. The van der Waals surface area contributed by atoms with E-state index in [9.17, 15) is 4.79 Å². The lowest BCUT2D eigenvalue weighted by molar-refractivity contribution is 0.0955. The Kier molecular flexibility index (Phi) is 5.62. The minimum absolute atomic E-state index is 0.0404. The second-order valence-electron chi connectivity index (χ2n) is 5.90. The Morgan fingerprint density at radius 3 is 2.68 bits per heavy atom. The molecule has 4 heteroatoms. The van der Waals surface area contributed by atoms with Gasteiger partial charge in [-0.1, -0.05) is 30.3 Å². The molecule has 0 aliphatic carbocycles. The summed E-state index contributed by atoms with van der Waals surface area (Å²) in [7, 11) is 0. The first-order valence-corrected chi connectivity index (χ1v) is 8.71. The van der Waals surface area contributed by atoms with E-state index in [-0.39, 0.29) is 5.91 Å². The van der Waals surface area contributed by atoms with Crippen LogP contribution in [0.1, 0.15) is 23.7 Å². The molecule has 3 rings (SSSR count). The standard InChI is InChI=1S/C21H23N3O/c1-2-24(17-9-4-3-5-10-17)16-8-15-23-21(25)19-11-6-13-20-18(19)12-7-14-22-20/h3-7,9-14H,2,8,15-16H2,1H3,(H,23,25). The van der Waals surface area contributed by atoms with Gasteiger partial charge in [0.25, 0.3) is 5.91 Å². The third-order valence-electron chi connectivity index (χ3n) is 4.28. The van der Waals surface area contributed by atoms with Gasteiger partial charge in [-0.15, -0.1) is 0 Å². The Labute approximate surface area is 148 Å². The number of fused-ring (bicyclic) bond motifs is 1. The Hall–Kier alpha value is -2.88. The largest absolute Gasteiger partial charge is 0.372 e. The zero-order chi connectivity index (χ0) is 17.5. The zero-order valence-electron chi connectivity index (χ0n) is 14.5. The Morgan fingerprint density at radius 1 is 1.04 bits per heavy atom. The summed E-state index contributed by atoms with van der Waals surface area (Å²) in [6.45, 7) is 4.67. The lowest BCUT2D eigenvalue weighted by Crippen LogP contribution is -2.30. The highest BCUT2D eigenvalue weighted by Gasteiger charge is 2.10. The molecule has 4 nitrogen and oxygen atoms in total. The minimum atomic E-state index is -0.0404. The van der Waals surface area contributed by atoms with Gasteiger partial charge < -0.3 is 10.2 Å². The molecular weight excluding hydrogens is 310 g/mol. The van der Waals surface area contributed by atoms with Crippen molar-refractivity contribution < 1.29 is 4.79 Å². The van der Waals surface area contributed by atoms with E-state index in [0.717, 1.165) is 30.4 Å². The SMILES string of the molecule is CCN(CCCNC(=O)c1cccc2ncccc12)c1ccccc1. The number of rotatable bonds is 7. The first kappa shape index (κ1) is 17.0. The number of anilines is 1. The Morgan fingerprint density at radius 2 is 1.88 bits per heavy atom. The number of pyridine rings is 1. The van der Waals surface area contributed by atoms with Gasteiger partial charge in [-0.2, -0.15) is 0 Å². The molecular formula is C21H23N3O. The molecule has 0 fully saturated rings. The molecule has 2 aromatic carbocycles. The van der Waals surface area contributed by atoms with E-state index in [1.807, 2.05) is 48.5 Å². The number of carbonyl (C=O) groups excluding carboxylic acids is 1. The molecule has 0 saturated heterocycles. The van der Waals surface area contributed by atoms with E-state index >= 15 is 0 Å². The molecule has 0 saturated carbocycles. The van der Waals surface area contributed by atoms with Crippen molar-refractivity contribution in [2.45, 2.75) is 13.3 Å². The van der Waals surface area contributed by atoms with Crippen molar-refractivity contribution in [3.8, 4) is 0 Å². The van der Waals surface area contributed by atoms with Crippen LogP contribution in [0.4, 0.5) is 5.69 Å². The number of amides is 1. The topological polar surface area (TPSA) is 45.2 Å². The summed E-state index contributed by atoms with van der Waals surface area (Å²) < 4.78 is 0. The predicted molar refractivity (Wildman–Crippen MR) is 103 cm³/mol. The van der Waals surface area contributed by atoms with Crippen molar-refractivity contribution in [1.29, 1.82) is 0 Å². The van der Waals surface area contributed by atoms with Gasteiger partial charge in [0.2, 0.25) is 0 Å². The maximum absolute atomic E-state index is 12.5. The highest BCUT2D eigenvalue weighted by molar-refractivity contribution is 6.06. The van der Waals surface area contributed by atoms with Crippen LogP contribution < -0.4 is 10.2 Å². The van der Waals surface area contributed by atoms with Crippen molar-refractivity contribution in [1.82, 2.24) is 10.3 Å². The minimum Gasteiger partial charge on any atom is -0.372 e. The maximum Gasteiger partial charge on any atom is 0.251 e. The molecule has 0 aliphatic rings. The summed E-state index contributed by atoms with van der Waals surface area (Å²) >= 11 is 0. The molecule has 1 N–H and O–H groups in total. The summed E-state index contributed by atoms with van der Waals surface area (Å²) in [5.41, 5.74) is 2.74. The van der Waals surface area contributed by atoms with Crippen LogP contribution in [0.5, 0.6) is 0 Å². The molecule has 0 atom stereocenters. The smallest absolute Gasteiger partial charge is 0.251 e. The predicted octanol–water partition coefficient (Wildman–Crippen LogP) is 3.88. The maximum atomic E-state index is 12.5. The highest BCUT2D eigenvalue weighted by atomic mass is 16.1. The van der Waals surface area contributed by atoms with Crippen LogP contribution in [0.3, 0.4) is 0 Å². The summed E-state index contributed by atoms with van der Waals surface area (Å²) in [4.78, 5) is 19.1. The second kappa shape index (κ2) is 8.29. The summed E-state index contributed by atoms with van der Waals surface area (Å²) in [5, 5.41) is 3.92. The van der Waals surface area contributed by atoms with E-state index in [1.165, 1.54) is 5.69 Å². The molecule has 0 aliphatic heterocycles. The number of nitrogens with zero attached hydrogens (tertiary/aromatic N) is 2. The van der Waals surface area contributed by atoms with E-state index in [1.54, 1.807) is 6.20 Å². The monoisotopic (exact) mass is 333 g/mol. The van der Waals surface area contributed by atoms with Gasteiger partial charge in [0.1, 0.15) is 0 Å². The van der Waals surface area contributed by atoms with Crippen molar-refractivity contribution in [3.05, 3.63) is 72.4 Å². The second-order valence-corrected chi connectivity index (χ2v) is 5.90. The fourth-order valence-corrected chi connectivity index (χ4v) is 2.98. The van der Waals surface area contributed by atoms with Gasteiger partial charge in [-0.3, -0.25) is 9.78 Å². The number of aromatic nitrogens is 1. The van der Waals surface area contributed by atoms with E-state index in [2.05, 4.69) is 34.3 Å². The van der Waals surface area contributed by atoms with Crippen LogP contribution in [0, 0.1) is 0 Å². The van der Waals surface area contributed by atoms with Gasteiger partial charge in [-0.05, 0) is 43.7 Å². The van der Waals surface area contributed by atoms with Crippen LogP contribution in [0.15, 0.2) is 66.9 Å². The molecule has 0 radical (unpaired) electrons. The van der Waals surface area contributed by atoms with E-state index < -0.39 is 0 Å². The number of hydrogen-bond donors (Lipinski definition) is 1. The normalized spacial score (nSPS) is 10.6. The molecule has 0 spiro atoms. The van der Waals surface area contributed by atoms with E-state index in [4.69, 9.17) is 0 Å². The molecule has 0 bridgehead atoms. The molecule has 128 valence electrons. The lowest BCUT2D eigenvalue weighted by atomic mass is 10.1. The fourth-order valence-electron chi connectivity index (χ4n) is 2.98. The van der Waals surface area contributed by atoms with Crippen LogP contribution in [-0.2, 0) is 0 Å². The van der Waals surface area contributed by atoms with Crippen LogP contribution in [0.25, 0.3) is 10.9 Å². The van der Waals surface area contributed by atoms with Gasteiger partial charge in [0.05, 0.1) is 5.52 Å². The lowest BCUT2D eigenvalue weighted by Gasteiger charge is -2.23. The first-order valence-electron chi connectivity index (χ1n) is 8.71. The molecule has 0 unspecified atom stereocenters. The molecule has 1 amide bonds. The quantitative estimate of drug-likeness (QED) is 0.667. The molecule has 1 heterocycles. The summed E-state index contributed by atoms with van der Waals surface area (Å²) in [5.74, 6) is -0.0404. The average molecular weight is 333 g/mol. The van der Waals surface area contributed by atoms with Gasteiger partial charge in [0.15, 0.2) is 0 Å². The van der Waals surface area contributed by atoms with Gasteiger partial charge >= 0.3 is 0 Å². The first-order chi connectivity index (χ1) is 12.3. The fraction of sp³-hybridized carbons (Fsp3) is 0.238. The Balaban J connectivity index is 1.56. The van der Waals surface area contributed by atoms with Crippen molar-refractivity contribution in [3.63, 3.8) is 0 Å². The van der Waals surface area contributed by atoms with Crippen molar-refractivity contribution in [2.75, 3.05) is 24.5 Å². The number of carbonyl (C=O) groups is 1. The van der Waals surface area contributed by atoms with Crippen molar-refractivity contribution >= 4 is 22.5 Å². The molecule has 1 aromatic heterocycles. The summed E-state index contributed by atoms with van der Waals surface area (Å²) in [6, 6.07) is 19.8. The number of nitrogens with one attached hydrogen (secondary N) is 1.